The van der Waals surface area contributed by atoms with E-state index in [4.69, 9.17) is 0 Å². The number of fused-ring (bicyclic) bond motifs is 1. The molecule has 112 valence electrons. The van der Waals surface area contributed by atoms with E-state index in [0.717, 1.165) is 48.3 Å². The lowest BCUT2D eigenvalue weighted by Gasteiger charge is -2.30. The van der Waals surface area contributed by atoms with Crippen molar-refractivity contribution in [1.29, 1.82) is 0 Å². The van der Waals surface area contributed by atoms with Gasteiger partial charge in [0.1, 0.15) is 32.2 Å². The maximum atomic E-state index is 13.0. The van der Waals surface area contributed by atoms with Crippen LogP contribution in [-0.4, -0.2) is 50.0 Å². The first-order valence-corrected chi connectivity index (χ1v) is 7.85. The van der Waals surface area contributed by atoms with Crippen LogP contribution < -0.4 is 9.80 Å². The first-order valence-electron chi connectivity index (χ1n) is 7.85. The summed E-state index contributed by atoms with van der Waals surface area (Å²) >= 11 is 0. The second kappa shape index (κ2) is 5.62. The number of aryl methyl sites for hydroxylation is 1. The van der Waals surface area contributed by atoms with E-state index in [1.807, 2.05) is 31.2 Å². The highest BCUT2D eigenvalue weighted by Gasteiger charge is 2.32. The summed E-state index contributed by atoms with van der Waals surface area (Å²) in [6.45, 7) is 8.56. The third-order valence-electron chi connectivity index (χ3n) is 4.89. The molecule has 1 fully saturated rings. The normalized spacial score (nSPS) is 24.1. The first kappa shape index (κ1) is 14.3. The number of quaternary nitrogens is 2. The lowest BCUT2D eigenvalue weighted by Crippen LogP contribution is -3.29. The highest BCUT2D eigenvalue weighted by molar-refractivity contribution is 6.10. The van der Waals surface area contributed by atoms with Gasteiger partial charge in [-0.3, -0.25) is 4.79 Å². The summed E-state index contributed by atoms with van der Waals surface area (Å²) in [6, 6.07) is 8.13. The van der Waals surface area contributed by atoms with Gasteiger partial charge in [-0.25, -0.2) is 0 Å². The van der Waals surface area contributed by atoms with Gasteiger partial charge in [0, 0.05) is 16.6 Å². The fraction of sp³-hybridized carbons (Fsp3) is 0.471. The number of aromatic nitrogens is 1. The second-order valence-electron chi connectivity index (χ2n) is 6.37. The number of para-hydroxylation sites is 1. The van der Waals surface area contributed by atoms with Gasteiger partial charge in [-0.1, -0.05) is 18.2 Å². The quantitative estimate of drug-likeness (QED) is 0.652. The zero-order chi connectivity index (χ0) is 15.0. The molecule has 4 heteroatoms. The maximum absolute atomic E-state index is 13.0. The minimum Gasteiger partial charge on any atom is -0.358 e. The van der Waals surface area contributed by atoms with Crippen molar-refractivity contribution in [2.75, 3.05) is 33.2 Å². The molecular formula is C17H25N3O+2. The Kier molecular flexibility index (Phi) is 3.83. The van der Waals surface area contributed by atoms with Gasteiger partial charge < -0.3 is 14.8 Å². The number of nitrogens with one attached hydrogen (secondary N) is 3. The van der Waals surface area contributed by atoms with Crippen molar-refractivity contribution >= 4 is 16.7 Å². The molecule has 0 radical (unpaired) electrons. The number of ketones is 1. The van der Waals surface area contributed by atoms with Gasteiger partial charge in [-0.05, 0) is 19.9 Å². The number of likely N-dealkylation sites (N-methyl/N-ethyl adjacent to an activating group) is 1. The van der Waals surface area contributed by atoms with Crippen LogP contribution in [0.5, 0.6) is 0 Å². The Balaban J connectivity index is 1.88. The molecule has 0 spiro atoms. The number of rotatable bonds is 3. The van der Waals surface area contributed by atoms with E-state index in [2.05, 4.69) is 19.0 Å². The Bertz CT molecular complexity index is 653. The third-order valence-corrected chi connectivity index (χ3v) is 4.89. The minimum atomic E-state index is 0.0380. The summed E-state index contributed by atoms with van der Waals surface area (Å²) in [7, 11) is 2.23. The fourth-order valence-electron chi connectivity index (χ4n) is 3.43. The Morgan fingerprint density at radius 1 is 1.19 bits per heavy atom. The van der Waals surface area contributed by atoms with Crippen LogP contribution in [0.3, 0.4) is 0 Å². The van der Waals surface area contributed by atoms with E-state index in [9.17, 15) is 4.79 Å². The number of carbonyl (C=O) groups is 1. The standard InChI is InChI=1S/C17H23N3O/c1-12-16(14-6-4-5-7-15(14)18-12)17(21)13(2)20-10-8-19(3)9-11-20/h4-7,13,18H,8-11H2,1-3H3/p+2/t13-/m1/s1. The van der Waals surface area contributed by atoms with Gasteiger partial charge in [0.05, 0.1) is 12.6 Å². The van der Waals surface area contributed by atoms with Gasteiger partial charge in [0.25, 0.3) is 0 Å². The molecule has 1 aliphatic heterocycles. The highest BCUT2D eigenvalue weighted by Crippen LogP contribution is 2.22. The van der Waals surface area contributed by atoms with Crippen molar-refractivity contribution in [2.24, 2.45) is 0 Å². The fourth-order valence-corrected chi connectivity index (χ4v) is 3.43. The van der Waals surface area contributed by atoms with E-state index < -0.39 is 0 Å². The summed E-state index contributed by atoms with van der Waals surface area (Å²) in [5, 5.41) is 1.06. The van der Waals surface area contributed by atoms with Crippen LogP contribution in [0.1, 0.15) is 23.0 Å². The minimum absolute atomic E-state index is 0.0380. The molecule has 3 N–H and O–H groups in total. The first-order chi connectivity index (χ1) is 10.1. The van der Waals surface area contributed by atoms with Crippen LogP contribution in [0, 0.1) is 6.92 Å². The van der Waals surface area contributed by atoms with Crippen LogP contribution >= 0.6 is 0 Å². The number of H-pyrrole nitrogens is 1. The molecule has 4 nitrogen and oxygen atoms in total. The number of piperazine rings is 1. The van der Waals surface area contributed by atoms with Crippen LogP contribution in [-0.2, 0) is 0 Å². The Morgan fingerprint density at radius 2 is 1.86 bits per heavy atom. The van der Waals surface area contributed by atoms with Crippen molar-refractivity contribution < 1.29 is 14.6 Å². The summed E-state index contributed by atoms with van der Waals surface area (Å²) in [5.41, 5.74) is 2.94. The number of benzene rings is 1. The van der Waals surface area contributed by atoms with Crippen molar-refractivity contribution in [3.63, 3.8) is 0 Å². The number of hydrogen-bond donors (Lipinski definition) is 3. The summed E-state index contributed by atoms with van der Waals surface area (Å²) in [4.78, 5) is 19.3. The predicted octanol–water partition coefficient (Wildman–Crippen LogP) is -0.539. The lowest BCUT2D eigenvalue weighted by molar-refractivity contribution is -1.01. The molecule has 0 bridgehead atoms. The highest BCUT2D eigenvalue weighted by atomic mass is 16.1. The smallest absolute Gasteiger partial charge is 0.222 e. The van der Waals surface area contributed by atoms with E-state index in [-0.39, 0.29) is 11.8 Å². The van der Waals surface area contributed by atoms with Crippen LogP contribution in [0.25, 0.3) is 10.9 Å². The van der Waals surface area contributed by atoms with E-state index in [1.165, 1.54) is 4.90 Å². The average Bonchev–Trinajstić information content (AvgIpc) is 2.82. The van der Waals surface area contributed by atoms with Crippen molar-refractivity contribution in [3.05, 3.63) is 35.5 Å². The Hall–Kier alpha value is -1.65. The van der Waals surface area contributed by atoms with Gasteiger partial charge in [-0.15, -0.1) is 0 Å². The van der Waals surface area contributed by atoms with Crippen molar-refractivity contribution in [3.8, 4) is 0 Å². The van der Waals surface area contributed by atoms with Gasteiger partial charge in [-0.2, -0.15) is 0 Å². The van der Waals surface area contributed by atoms with Crippen LogP contribution in [0.2, 0.25) is 0 Å². The molecule has 1 aromatic heterocycles. The van der Waals surface area contributed by atoms with Crippen molar-refractivity contribution in [2.45, 2.75) is 19.9 Å². The Morgan fingerprint density at radius 3 is 2.57 bits per heavy atom. The van der Waals surface area contributed by atoms with E-state index in [0.29, 0.717) is 0 Å². The topological polar surface area (TPSA) is 41.7 Å². The zero-order valence-corrected chi connectivity index (χ0v) is 13.1. The molecule has 3 rings (SSSR count). The SMILES string of the molecule is Cc1[nH]c2ccccc2c1C(=O)[C@@H](C)[NH+]1CC[NH+](C)CC1. The monoisotopic (exact) mass is 287 g/mol. The molecule has 2 aromatic rings. The Labute approximate surface area is 125 Å². The van der Waals surface area contributed by atoms with E-state index in [1.54, 1.807) is 4.90 Å². The van der Waals surface area contributed by atoms with Gasteiger partial charge in [0.15, 0.2) is 0 Å². The molecule has 1 aromatic carbocycles. The molecule has 0 unspecified atom stereocenters. The molecule has 1 aliphatic rings. The molecule has 0 amide bonds. The summed E-state index contributed by atoms with van der Waals surface area (Å²) < 4.78 is 0. The van der Waals surface area contributed by atoms with Crippen molar-refractivity contribution in [1.82, 2.24) is 4.98 Å². The number of aromatic amines is 1. The second-order valence-corrected chi connectivity index (χ2v) is 6.37. The van der Waals surface area contributed by atoms with Gasteiger partial charge >= 0.3 is 0 Å². The molecule has 1 atom stereocenters. The predicted molar refractivity (Wildman–Crippen MR) is 84.1 cm³/mol. The molecule has 0 saturated carbocycles. The number of Topliss-reactive ketones (excluding diaryl/α,β-unsaturated/α-hetero) is 1. The lowest BCUT2D eigenvalue weighted by atomic mass is 10.0. The molecular weight excluding hydrogens is 262 g/mol. The molecule has 2 heterocycles. The summed E-state index contributed by atoms with van der Waals surface area (Å²) in [6.07, 6.45) is 0. The average molecular weight is 287 g/mol. The van der Waals surface area contributed by atoms with E-state index >= 15 is 0 Å². The molecule has 21 heavy (non-hydrogen) atoms. The zero-order valence-electron chi connectivity index (χ0n) is 13.1. The maximum Gasteiger partial charge on any atom is 0.222 e. The van der Waals surface area contributed by atoms with Gasteiger partial charge in [0.2, 0.25) is 5.78 Å². The largest absolute Gasteiger partial charge is 0.358 e. The molecule has 0 aliphatic carbocycles. The third kappa shape index (κ3) is 2.61. The number of carbonyl (C=O) groups excluding carboxylic acids is 1. The van der Waals surface area contributed by atoms with Crippen LogP contribution in [0.4, 0.5) is 0 Å². The number of hydrogen-bond acceptors (Lipinski definition) is 1. The molecule has 1 saturated heterocycles. The van der Waals surface area contributed by atoms with Crippen LogP contribution in [0.15, 0.2) is 24.3 Å². The summed E-state index contributed by atoms with van der Waals surface area (Å²) in [5.74, 6) is 0.277.